The van der Waals surface area contributed by atoms with Crippen LogP contribution in [0.4, 0.5) is 0 Å². The number of rotatable bonds is 7. The molecule has 1 aromatic heterocycles. The van der Waals surface area contributed by atoms with Crippen molar-refractivity contribution in [3.8, 4) is 5.75 Å². The van der Waals surface area contributed by atoms with Crippen molar-refractivity contribution in [1.29, 1.82) is 0 Å². The second-order valence-electron chi connectivity index (χ2n) is 6.22. The number of nitrogens with one attached hydrogen (secondary N) is 1. The van der Waals surface area contributed by atoms with Crippen LogP contribution in [0.3, 0.4) is 0 Å². The molecule has 0 bridgehead atoms. The molecule has 2 aromatic rings. The van der Waals surface area contributed by atoms with Crippen LogP contribution < -0.4 is 10.1 Å². The first-order valence-corrected chi connectivity index (χ1v) is 8.40. The molecular weight excluding hydrogens is 322 g/mol. The van der Waals surface area contributed by atoms with Gasteiger partial charge in [0.15, 0.2) is 0 Å². The van der Waals surface area contributed by atoms with Crippen molar-refractivity contribution in [3.05, 3.63) is 35.7 Å². The number of hydrogen-bond donors (Lipinski definition) is 1. The fraction of sp³-hybridized carbons (Fsp3) is 0.529. The Labute approximate surface area is 146 Å². The number of carbonyl (C=O) groups excluding carboxylic acids is 1. The predicted molar refractivity (Wildman–Crippen MR) is 90.2 cm³/mol. The molecule has 0 saturated carbocycles. The van der Waals surface area contributed by atoms with Gasteiger partial charge in [-0.05, 0) is 41.5 Å². The average molecular weight is 345 g/mol. The highest BCUT2D eigenvalue weighted by atomic mass is 16.5. The minimum Gasteiger partial charge on any atom is -0.497 e. The van der Waals surface area contributed by atoms with Crippen LogP contribution in [-0.4, -0.2) is 53.0 Å². The van der Waals surface area contributed by atoms with Crippen LogP contribution in [-0.2, 0) is 16.0 Å². The van der Waals surface area contributed by atoms with Crippen molar-refractivity contribution in [2.45, 2.75) is 25.8 Å². The van der Waals surface area contributed by atoms with Gasteiger partial charge in [-0.25, -0.2) is 4.68 Å². The van der Waals surface area contributed by atoms with Gasteiger partial charge in [-0.3, -0.25) is 4.79 Å². The zero-order valence-electron chi connectivity index (χ0n) is 14.5. The van der Waals surface area contributed by atoms with Crippen LogP contribution in [0.25, 0.3) is 0 Å². The third-order valence-electron chi connectivity index (χ3n) is 4.41. The molecule has 1 N–H and O–H groups in total. The van der Waals surface area contributed by atoms with Crippen LogP contribution in [0.5, 0.6) is 5.75 Å². The Morgan fingerprint density at radius 2 is 2.40 bits per heavy atom. The molecule has 1 fully saturated rings. The molecule has 1 aromatic carbocycles. The Balaban J connectivity index is 1.74. The molecule has 2 atom stereocenters. The number of aryl methyl sites for hydroxylation is 1. The Morgan fingerprint density at radius 1 is 1.52 bits per heavy atom. The van der Waals surface area contributed by atoms with E-state index in [0.29, 0.717) is 31.3 Å². The monoisotopic (exact) mass is 345 g/mol. The van der Waals surface area contributed by atoms with E-state index in [0.717, 1.165) is 24.3 Å². The summed E-state index contributed by atoms with van der Waals surface area (Å²) in [6.07, 6.45) is 1.46. The minimum absolute atomic E-state index is 0.0925. The number of methoxy groups -OCH3 is 1. The second-order valence-corrected chi connectivity index (χ2v) is 6.22. The summed E-state index contributed by atoms with van der Waals surface area (Å²) in [6.45, 7) is 3.86. The van der Waals surface area contributed by atoms with Crippen molar-refractivity contribution in [1.82, 2.24) is 25.5 Å². The lowest BCUT2D eigenvalue weighted by atomic mass is 10.0. The summed E-state index contributed by atoms with van der Waals surface area (Å²) >= 11 is 0. The molecule has 1 amide bonds. The van der Waals surface area contributed by atoms with Crippen molar-refractivity contribution in [2.75, 3.05) is 26.9 Å². The van der Waals surface area contributed by atoms with E-state index in [4.69, 9.17) is 9.47 Å². The molecule has 134 valence electrons. The third kappa shape index (κ3) is 4.33. The summed E-state index contributed by atoms with van der Waals surface area (Å²) in [7, 11) is 1.62. The first-order chi connectivity index (χ1) is 12.2. The number of amides is 1. The van der Waals surface area contributed by atoms with E-state index < -0.39 is 6.04 Å². The predicted octanol–water partition coefficient (Wildman–Crippen LogP) is 0.927. The average Bonchev–Trinajstić information content (AvgIpc) is 3.29. The number of hydrogen-bond acceptors (Lipinski definition) is 6. The SMILES string of the molecule is COc1cccc(C[C@H](C(=O)NC[C@H]2CCOC2)n2nnnc2C)c1. The Bertz CT molecular complexity index is 712. The molecule has 1 saturated heterocycles. The van der Waals surface area contributed by atoms with Crippen LogP contribution in [0.15, 0.2) is 24.3 Å². The maximum atomic E-state index is 12.8. The summed E-state index contributed by atoms with van der Waals surface area (Å²) in [5, 5.41) is 14.6. The van der Waals surface area contributed by atoms with E-state index in [1.807, 2.05) is 24.3 Å². The molecule has 3 rings (SSSR count). The van der Waals surface area contributed by atoms with Gasteiger partial charge in [0.1, 0.15) is 17.6 Å². The number of tetrazole rings is 1. The van der Waals surface area contributed by atoms with Gasteiger partial charge >= 0.3 is 0 Å². The van der Waals surface area contributed by atoms with E-state index in [1.165, 1.54) is 0 Å². The van der Waals surface area contributed by atoms with Gasteiger partial charge in [0.05, 0.1) is 13.7 Å². The quantitative estimate of drug-likeness (QED) is 0.803. The topological polar surface area (TPSA) is 91.2 Å². The van der Waals surface area contributed by atoms with Gasteiger partial charge in [-0.2, -0.15) is 0 Å². The molecule has 1 aliphatic heterocycles. The van der Waals surface area contributed by atoms with Crippen molar-refractivity contribution in [3.63, 3.8) is 0 Å². The number of nitrogens with zero attached hydrogens (tertiary/aromatic N) is 4. The Morgan fingerprint density at radius 3 is 3.08 bits per heavy atom. The highest BCUT2D eigenvalue weighted by Gasteiger charge is 2.25. The highest BCUT2D eigenvalue weighted by Crippen LogP contribution is 2.20. The van der Waals surface area contributed by atoms with Gasteiger partial charge in [-0.1, -0.05) is 12.1 Å². The van der Waals surface area contributed by atoms with Gasteiger partial charge in [0.2, 0.25) is 5.91 Å². The summed E-state index contributed by atoms with van der Waals surface area (Å²) < 4.78 is 12.2. The Hall–Kier alpha value is -2.48. The second kappa shape index (κ2) is 8.06. The summed E-state index contributed by atoms with van der Waals surface area (Å²) in [6, 6.07) is 7.16. The molecule has 8 heteroatoms. The summed E-state index contributed by atoms with van der Waals surface area (Å²) in [5.74, 6) is 1.64. The van der Waals surface area contributed by atoms with E-state index >= 15 is 0 Å². The zero-order valence-corrected chi connectivity index (χ0v) is 14.5. The van der Waals surface area contributed by atoms with E-state index in [9.17, 15) is 4.79 Å². The van der Waals surface area contributed by atoms with Crippen LogP contribution in [0, 0.1) is 12.8 Å². The molecular formula is C17H23N5O3. The lowest BCUT2D eigenvalue weighted by molar-refractivity contribution is -0.124. The van der Waals surface area contributed by atoms with Crippen LogP contribution >= 0.6 is 0 Å². The normalized spacial score (nSPS) is 18.1. The summed E-state index contributed by atoms with van der Waals surface area (Å²) in [4.78, 5) is 12.8. The molecule has 8 nitrogen and oxygen atoms in total. The summed E-state index contributed by atoms with van der Waals surface area (Å²) in [5.41, 5.74) is 0.985. The van der Waals surface area contributed by atoms with Crippen molar-refractivity contribution >= 4 is 5.91 Å². The maximum Gasteiger partial charge on any atom is 0.245 e. The number of aromatic nitrogens is 4. The molecule has 25 heavy (non-hydrogen) atoms. The third-order valence-corrected chi connectivity index (χ3v) is 4.41. The minimum atomic E-state index is -0.510. The van der Waals surface area contributed by atoms with Gasteiger partial charge in [0, 0.05) is 25.5 Å². The van der Waals surface area contributed by atoms with Gasteiger partial charge in [-0.15, -0.1) is 5.10 Å². The molecule has 2 heterocycles. The lowest BCUT2D eigenvalue weighted by Gasteiger charge is -2.19. The first kappa shape index (κ1) is 17.3. The number of benzene rings is 1. The lowest BCUT2D eigenvalue weighted by Crippen LogP contribution is -2.37. The smallest absolute Gasteiger partial charge is 0.245 e. The molecule has 0 radical (unpaired) electrons. The molecule has 0 unspecified atom stereocenters. The maximum absolute atomic E-state index is 12.8. The van der Waals surface area contributed by atoms with Gasteiger partial charge in [0.25, 0.3) is 0 Å². The van der Waals surface area contributed by atoms with Crippen molar-refractivity contribution < 1.29 is 14.3 Å². The van der Waals surface area contributed by atoms with Gasteiger partial charge < -0.3 is 14.8 Å². The van der Waals surface area contributed by atoms with Crippen LogP contribution in [0.1, 0.15) is 23.9 Å². The molecule has 0 spiro atoms. The fourth-order valence-electron chi connectivity index (χ4n) is 2.95. The number of ether oxygens (including phenoxy) is 2. The first-order valence-electron chi connectivity index (χ1n) is 8.40. The molecule has 1 aliphatic rings. The van der Waals surface area contributed by atoms with E-state index in [1.54, 1.807) is 18.7 Å². The van der Waals surface area contributed by atoms with E-state index in [-0.39, 0.29) is 5.91 Å². The van der Waals surface area contributed by atoms with Crippen molar-refractivity contribution in [2.24, 2.45) is 5.92 Å². The standard InChI is InChI=1S/C17H23N5O3/c1-12-19-20-21-22(12)16(9-13-4-3-5-15(8-13)24-2)17(23)18-10-14-6-7-25-11-14/h3-5,8,14,16H,6-7,9-11H2,1-2H3,(H,18,23)/t14-,16-/m1/s1. The van der Waals surface area contributed by atoms with E-state index in [2.05, 4.69) is 20.8 Å². The number of carbonyl (C=O) groups is 1. The van der Waals surface area contributed by atoms with Crippen LogP contribution in [0.2, 0.25) is 0 Å². The largest absolute Gasteiger partial charge is 0.497 e. The molecule has 0 aliphatic carbocycles. The fourth-order valence-corrected chi connectivity index (χ4v) is 2.95. The Kier molecular flexibility index (Phi) is 5.60. The zero-order chi connectivity index (χ0) is 17.6. The highest BCUT2D eigenvalue weighted by molar-refractivity contribution is 5.80.